The van der Waals surface area contributed by atoms with E-state index >= 15 is 0 Å². The first-order chi connectivity index (χ1) is 10.3. The van der Waals surface area contributed by atoms with Crippen molar-refractivity contribution >= 4 is 11.9 Å². The van der Waals surface area contributed by atoms with Crippen LogP contribution in [0.1, 0.15) is 25.1 Å². The number of anilines is 2. The summed E-state index contributed by atoms with van der Waals surface area (Å²) in [6.07, 6.45) is 2.72. The van der Waals surface area contributed by atoms with Crippen LogP contribution in [0.3, 0.4) is 0 Å². The molecule has 0 fully saturated rings. The highest BCUT2D eigenvalue weighted by Gasteiger charge is 2.07. The van der Waals surface area contributed by atoms with Crippen LogP contribution in [0.25, 0.3) is 0 Å². The van der Waals surface area contributed by atoms with Gasteiger partial charge in [-0.05, 0) is 25.0 Å². The molecule has 0 saturated carbocycles. The molecule has 0 saturated heterocycles. The molecule has 0 amide bonds. The van der Waals surface area contributed by atoms with Crippen LogP contribution >= 0.6 is 0 Å². The van der Waals surface area contributed by atoms with Gasteiger partial charge < -0.3 is 15.4 Å². The monoisotopic (exact) mass is 288 g/mol. The van der Waals surface area contributed by atoms with Gasteiger partial charge >= 0.3 is 6.01 Å². The van der Waals surface area contributed by atoms with Gasteiger partial charge in [0.2, 0.25) is 11.9 Å². The number of hydrogen-bond donors (Lipinski definition) is 2. The second-order valence-corrected chi connectivity index (χ2v) is 4.26. The number of nitrogens with one attached hydrogen (secondary N) is 2. The first-order valence-electron chi connectivity index (χ1n) is 7.00. The lowest BCUT2D eigenvalue weighted by molar-refractivity contribution is 0.312. The molecule has 21 heavy (non-hydrogen) atoms. The van der Waals surface area contributed by atoms with Crippen LogP contribution in [0.5, 0.6) is 6.01 Å². The number of rotatable bonds is 7. The molecule has 0 aliphatic carbocycles. The zero-order chi connectivity index (χ0) is 15.1. The summed E-state index contributed by atoms with van der Waals surface area (Å²) in [5.41, 5.74) is 2.20. The van der Waals surface area contributed by atoms with Crippen LogP contribution in [0, 0.1) is 0 Å². The molecule has 0 radical (unpaired) electrons. The summed E-state index contributed by atoms with van der Waals surface area (Å²) < 4.78 is 5.33. The van der Waals surface area contributed by atoms with Gasteiger partial charge in [-0.25, -0.2) is 0 Å². The Bertz CT molecular complexity index is 589. The van der Waals surface area contributed by atoms with Crippen molar-refractivity contribution in [1.82, 2.24) is 19.9 Å². The quantitative estimate of drug-likeness (QED) is 0.804. The Morgan fingerprint density at radius 3 is 2.67 bits per heavy atom. The largest absolute Gasteiger partial charge is 0.464 e. The van der Waals surface area contributed by atoms with Crippen molar-refractivity contribution in [3.05, 3.63) is 29.6 Å². The molecule has 2 rings (SSSR count). The van der Waals surface area contributed by atoms with Crippen molar-refractivity contribution in [2.75, 3.05) is 24.3 Å². The second kappa shape index (κ2) is 7.37. The Morgan fingerprint density at radius 2 is 1.95 bits per heavy atom. The second-order valence-electron chi connectivity index (χ2n) is 4.26. The summed E-state index contributed by atoms with van der Waals surface area (Å²) in [4.78, 5) is 17.0. The van der Waals surface area contributed by atoms with Gasteiger partial charge in [-0.3, -0.25) is 4.98 Å². The van der Waals surface area contributed by atoms with Gasteiger partial charge in [-0.2, -0.15) is 15.0 Å². The van der Waals surface area contributed by atoms with E-state index in [1.54, 1.807) is 13.2 Å². The molecule has 112 valence electrons. The Morgan fingerprint density at radius 1 is 1.14 bits per heavy atom. The summed E-state index contributed by atoms with van der Waals surface area (Å²) >= 11 is 0. The maximum atomic E-state index is 5.33. The van der Waals surface area contributed by atoms with Gasteiger partial charge in [-0.1, -0.05) is 13.0 Å². The molecule has 0 aromatic carbocycles. The van der Waals surface area contributed by atoms with Gasteiger partial charge in [0.1, 0.15) is 0 Å². The molecule has 2 aromatic heterocycles. The first-order valence-corrected chi connectivity index (χ1v) is 7.00. The fourth-order valence-electron chi connectivity index (χ4n) is 1.86. The maximum absolute atomic E-state index is 5.33. The molecule has 0 bridgehead atoms. The van der Waals surface area contributed by atoms with E-state index in [-0.39, 0.29) is 0 Å². The fourth-order valence-corrected chi connectivity index (χ4v) is 1.86. The van der Waals surface area contributed by atoms with Crippen molar-refractivity contribution in [1.29, 1.82) is 0 Å². The SMILES string of the molecule is CCOc1nc(NC)nc(NCc2ncccc2CC)n1. The van der Waals surface area contributed by atoms with Crippen LogP contribution < -0.4 is 15.4 Å². The highest BCUT2D eigenvalue weighted by molar-refractivity contribution is 5.36. The van der Waals surface area contributed by atoms with Crippen LogP contribution in [0.4, 0.5) is 11.9 Å². The van der Waals surface area contributed by atoms with Crippen LogP contribution in [0.2, 0.25) is 0 Å². The third-order valence-electron chi connectivity index (χ3n) is 2.89. The van der Waals surface area contributed by atoms with E-state index in [0.717, 1.165) is 12.1 Å². The van der Waals surface area contributed by atoms with Crippen LogP contribution in [-0.4, -0.2) is 33.6 Å². The van der Waals surface area contributed by atoms with Crippen molar-refractivity contribution in [2.45, 2.75) is 26.8 Å². The van der Waals surface area contributed by atoms with E-state index in [2.05, 4.69) is 43.6 Å². The highest BCUT2D eigenvalue weighted by Crippen LogP contribution is 2.13. The lowest BCUT2D eigenvalue weighted by atomic mass is 10.1. The third-order valence-corrected chi connectivity index (χ3v) is 2.89. The lowest BCUT2D eigenvalue weighted by Crippen LogP contribution is -2.11. The number of ether oxygens (including phenoxy) is 1. The lowest BCUT2D eigenvalue weighted by Gasteiger charge is -2.10. The predicted molar refractivity (Wildman–Crippen MR) is 81.5 cm³/mol. The smallest absolute Gasteiger partial charge is 0.323 e. The Hall–Kier alpha value is -2.44. The predicted octanol–water partition coefficient (Wildman–Crippen LogP) is 1.88. The molecule has 2 N–H and O–H groups in total. The van der Waals surface area contributed by atoms with Crippen LogP contribution in [-0.2, 0) is 13.0 Å². The van der Waals surface area contributed by atoms with Gasteiger partial charge in [0, 0.05) is 13.2 Å². The van der Waals surface area contributed by atoms with Crippen molar-refractivity contribution in [3.8, 4) is 6.01 Å². The van der Waals surface area contributed by atoms with E-state index in [1.165, 1.54) is 5.56 Å². The van der Waals surface area contributed by atoms with E-state index in [1.807, 2.05) is 13.0 Å². The zero-order valence-corrected chi connectivity index (χ0v) is 12.6. The highest BCUT2D eigenvalue weighted by atomic mass is 16.5. The minimum Gasteiger partial charge on any atom is -0.464 e. The molecule has 0 atom stereocenters. The molecular weight excluding hydrogens is 268 g/mol. The molecule has 0 aliphatic heterocycles. The molecule has 2 heterocycles. The van der Waals surface area contributed by atoms with Gasteiger partial charge in [-0.15, -0.1) is 0 Å². The number of nitrogens with zero attached hydrogens (tertiary/aromatic N) is 4. The first kappa shape index (κ1) is 15.0. The molecular formula is C14H20N6O. The van der Waals surface area contributed by atoms with E-state index in [4.69, 9.17) is 4.74 Å². The molecule has 0 aliphatic rings. The molecule has 2 aromatic rings. The summed E-state index contributed by atoms with van der Waals surface area (Å²) in [7, 11) is 1.75. The molecule has 0 unspecified atom stereocenters. The van der Waals surface area contributed by atoms with Crippen LogP contribution in [0.15, 0.2) is 18.3 Å². The Kier molecular flexibility index (Phi) is 5.25. The Balaban J connectivity index is 2.13. The van der Waals surface area contributed by atoms with Crippen molar-refractivity contribution in [2.24, 2.45) is 0 Å². The van der Waals surface area contributed by atoms with Crippen molar-refractivity contribution < 1.29 is 4.74 Å². The minimum absolute atomic E-state index is 0.302. The summed E-state index contributed by atoms with van der Waals surface area (Å²) in [5.74, 6) is 0.929. The van der Waals surface area contributed by atoms with Crippen molar-refractivity contribution in [3.63, 3.8) is 0 Å². The summed E-state index contributed by atoms with van der Waals surface area (Å²) in [6.45, 7) is 5.06. The van der Waals surface area contributed by atoms with E-state index in [9.17, 15) is 0 Å². The number of aryl methyl sites for hydroxylation is 1. The fraction of sp³-hybridized carbons (Fsp3) is 0.429. The Labute approximate surface area is 124 Å². The number of aromatic nitrogens is 4. The number of hydrogen-bond acceptors (Lipinski definition) is 7. The van der Waals surface area contributed by atoms with Gasteiger partial charge in [0.25, 0.3) is 0 Å². The topological polar surface area (TPSA) is 84.9 Å². The third kappa shape index (κ3) is 4.01. The summed E-state index contributed by atoms with van der Waals surface area (Å²) in [6, 6.07) is 4.32. The van der Waals surface area contributed by atoms with Gasteiger partial charge in [0.05, 0.1) is 18.8 Å². The normalized spacial score (nSPS) is 10.2. The molecule has 0 spiro atoms. The van der Waals surface area contributed by atoms with Gasteiger partial charge in [0.15, 0.2) is 0 Å². The molecule has 7 nitrogen and oxygen atoms in total. The minimum atomic E-state index is 0.302. The number of pyridine rings is 1. The average molecular weight is 288 g/mol. The zero-order valence-electron chi connectivity index (χ0n) is 12.6. The van der Waals surface area contributed by atoms with E-state index in [0.29, 0.717) is 31.1 Å². The molecule has 7 heteroatoms. The maximum Gasteiger partial charge on any atom is 0.323 e. The average Bonchev–Trinajstić information content (AvgIpc) is 2.53. The standard InChI is InChI=1S/C14H20N6O/c1-4-10-7-6-8-16-11(10)9-17-13-18-12(15-3)19-14(20-13)21-5-2/h6-8H,4-5,9H2,1-3H3,(H2,15,17,18,19,20). The van der Waals surface area contributed by atoms with E-state index < -0.39 is 0 Å². The summed E-state index contributed by atoms with van der Waals surface area (Å²) in [5, 5.41) is 6.05.